The summed E-state index contributed by atoms with van der Waals surface area (Å²) in [6.45, 7) is 2.64. The molecule has 0 aliphatic heterocycles. The molecule has 158 valence electrons. The van der Waals surface area contributed by atoms with E-state index in [9.17, 15) is 14.0 Å². The van der Waals surface area contributed by atoms with Gasteiger partial charge in [-0.05, 0) is 48.9 Å². The Kier molecular flexibility index (Phi) is 7.35. The number of thiazole rings is 1. The predicted octanol–water partition coefficient (Wildman–Crippen LogP) is 4.33. The molecule has 0 saturated heterocycles. The smallest absolute Gasteiger partial charge is 0.325 e. The van der Waals surface area contributed by atoms with Gasteiger partial charge in [0, 0.05) is 5.56 Å². The molecule has 30 heavy (non-hydrogen) atoms. The van der Waals surface area contributed by atoms with E-state index in [1.807, 2.05) is 0 Å². The molecule has 0 saturated carbocycles. The number of hydrogen-bond acceptors (Lipinski definition) is 5. The molecule has 1 aromatic heterocycles. The zero-order valence-electron chi connectivity index (χ0n) is 16.9. The van der Waals surface area contributed by atoms with Crippen LogP contribution in [0.1, 0.15) is 36.5 Å². The number of carbonyl (C=O) groups excluding carboxylic acids is 2. The van der Waals surface area contributed by atoms with Gasteiger partial charge < -0.3 is 14.0 Å². The minimum Gasteiger partial charge on any atom is -0.494 e. The van der Waals surface area contributed by atoms with Crippen LogP contribution in [0.4, 0.5) is 4.39 Å². The zero-order valence-corrected chi connectivity index (χ0v) is 17.7. The molecule has 8 heteroatoms. The van der Waals surface area contributed by atoms with Crippen molar-refractivity contribution in [3.63, 3.8) is 0 Å². The van der Waals surface area contributed by atoms with Gasteiger partial charge in [0.15, 0.2) is 4.80 Å². The summed E-state index contributed by atoms with van der Waals surface area (Å²) >= 11 is 1.14. The Morgan fingerprint density at radius 2 is 1.90 bits per heavy atom. The molecule has 0 spiro atoms. The Morgan fingerprint density at radius 3 is 2.60 bits per heavy atom. The van der Waals surface area contributed by atoms with Crippen LogP contribution in [-0.4, -0.2) is 30.2 Å². The monoisotopic (exact) mass is 430 g/mol. The molecular formula is C22H23FN2O4S. The third kappa shape index (κ3) is 5.33. The Hall–Kier alpha value is -3.00. The van der Waals surface area contributed by atoms with E-state index in [4.69, 9.17) is 9.47 Å². The van der Waals surface area contributed by atoms with E-state index in [1.54, 1.807) is 34.9 Å². The molecule has 0 bridgehead atoms. The molecule has 1 amide bonds. The van der Waals surface area contributed by atoms with Crippen LogP contribution in [0.15, 0.2) is 47.5 Å². The minimum absolute atomic E-state index is 0.126. The summed E-state index contributed by atoms with van der Waals surface area (Å²) in [5, 5.41) is 0. The molecule has 0 fully saturated rings. The molecular weight excluding hydrogens is 407 g/mol. The maximum Gasteiger partial charge on any atom is 0.325 e. The molecule has 0 atom stereocenters. The SMILES string of the molecule is CCCCCOc1ccc(C(=O)N=c2sc3cc(F)ccc3n2CC(=O)OC)cc1. The van der Waals surface area contributed by atoms with Gasteiger partial charge in [-0.3, -0.25) is 9.59 Å². The first kappa shape index (κ1) is 21.7. The lowest BCUT2D eigenvalue weighted by molar-refractivity contribution is -0.141. The number of aromatic nitrogens is 1. The van der Waals surface area contributed by atoms with Gasteiger partial charge in [-0.25, -0.2) is 4.39 Å². The first-order chi connectivity index (χ1) is 14.5. The molecule has 6 nitrogen and oxygen atoms in total. The number of nitrogens with zero attached hydrogens (tertiary/aromatic N) is 2. The average Bonchev–Trinajstić information content (AvgIpc) is 3.07. The number of hydrogen-bond donors (Lipinski definition) is 0. The van der Waals surface area contributed by atoms with Crippen LogP contribution in [0.5, 0.6) is 5.75 Å². The average molecular weight is 431 g/mol. The highest BCUT2D eigenvalue weighted by Gasteiger charge is 2.13. The van der Waals surface area contributed by atoms with Gasteiger partial charge in [0.1, 0.15) is 18.1 Å². The summed E-state index contributed by atoms with van der Waals surface area (Å²) < 4.78 is 26.1. The van der Waals surface area contributed by atoms with Crippen LogP contribution < -0.4 is 9.54 Å². The molecule has 2 aromatic carbocycles. The third-order valence-corrected chi connectivity index (χ3v) is 5.52. The van der Waals surface area contributed by atoms with Gasteiger partial charge >= 0.3 is 5.97 Å². The van der Waals surface area contributed by atoms with Crippen molar-refractivity contribution in [1.29, 1.82) is 0 Å². The highest BCUT2D eigenvalue weighted by Crippen LogP contribution is 2.19. The van der Waals surface area contributed by atoms with Gasteiger partial charge in [0.05, 0.1) is 23.9 Å². The fourth-order valence-corrected chi connectivity index (χ4v) is 3.92. The van der Waals surface area contributed by atoms with Crippen molar-refractivity contribution in [1.82, 2.24) is 4.57 Å². The summed E-state index contributed by atoms with van der Waals surface area (Å²) in [6, 6.07) is 11.0. The molecule has 3 aromatic rings. The summed E-state index contributed by atoms with van der Waals surface area (Å²) in [7, 11) is 1.28. The van der Waals surface area contributed by atoms with E-state index in [2.05, 4.69) is 11.9 Å². The molecule has 0 radical (unpaired) electrons. The van der Waals surface area contributed by atoms with Gasteiger partial charge in [-0.2, -0.15) is 4.99 Å². The Bertz CT molecular complexity index is 1100. The second-order valence-electron chi connectivity index (χ2n) is 6.66. The van der Waals surface area contributed by atoms with Crippen molar-refractivity contribution >= 4 is 33.4 Å². The molecule has 0 aliphatic carbocycles. The van der Waals surface area contributed by atoms with Crippen molar-refractivity contribution in [2.45, 2.75) is 32.7 Å². The molecule has 0 aliphatic rings. The van der Waals surface area contributed by atoms with E-state index >= 15 is 0 Å². The molecule has 3 rings (SSSR count). The van der Waals surface area contributed by atoms with Crippen LogP contribution in [0.25, 0.3) is 10.2 Å². The number of esters is 1. The first-order valence-corrected chi connectivity index (χ1v) is 10.5. The fourth-order valence-electron chi connectivity index (χ4n) is 2.87. The van der Waals surface area contributed by atoms with Gasteiger partial charge in [0.25, 0.3) is 5.91 Å². The lowest BCUT2D eigenvalue weighted by Gasteiger charge is -2.06. The van der Waals surface area contributed by atoms with Crippen molar-refractivity contribution < 1.29 is 23.5 Å². The fraction of sp³-hybridized carbons (Fsp3) is 0.318. The van der Waals surface area contributed by atoms with Crippen molar-refractivity contribution in [2.24, 2.45) is 4.99 Å². The number of halogens is 1. The van der Waals surface area contributed by atoms with Crippen molar-refractivity contribution in [2.75, 3.05) is 13.7 Å². The summed E-state index contributed by atoms with van der Waals surface area (Å²) in [6.07, 6.45) is 3.22. The highest BCUT2D eigenvalue weighted by atomic mass is 32.1. The van der Waals surface area contributed by atoms with Crippen LogP contribution in [0.2, 0.25) is 0 Å². The quantitative estimate of drug-likeness (QED) is 0.394. The largest absolute Gasteiger partial charge is 0.494 e. The summed E-state index contributed by atoms with van der Waals surface area (Å²) in [5.41, 5.74) is 0.998. The number of fused-ring (bicyclic) bond motifs is 1. The molecule has 0 N–H and O–H groups in total. The number of rotatable bonds is 8. The Morgan fingerprint density at radius 1 is 1.13 bits per heavy atom. The number of carbonyl (C=O) groups is 2. The summed E-state index contributed by atoms with van der Waals surface area (Å²) in [5.74, 6) is -0.655. The standard InChI is InChI=1S/C22H23FN2O4S/c1-3-4-5-12-29-17-9-6-15(7-10-17)21(27)24-22-25(14-20(26)28-2)18-11-8-16(23)13-19(18)30-22/h6-11,13H,3-5,12,14H2,1-2H3. The topological polar surface area (TPSA) is 69.9 Å². The normalized spacial score (nSPS) is 11.6. The molecule has 0 unspecified atom stereocenters. The van der Waals surface area contributed by atoms with Crippen molar-refractivity contribution in [3.8, 4) is 5.75 Å². The van der Waals surface area contributed by atoms with E-state index in [1.165, 1.54) is 19.2 Å². The maximum absolute atomic E-state index is 13.6. The van der Waals surface area contributed by atoms with Crippen molar-refractivity contribution in [3.05, 3.63) is 58.6 Å². The van der Waals surface area contributed by atoms with Crippen LogP contribution in [0, 0.1) is 5.82 Å². The second kappa shape index (κ2) is 10.2. The number of amides is 1. The molecule has 1 heterocycles. The predicted molar refractivity (Wildman–Crippen MR) is 113 cm³/mol. The van der Waals surface area contributed by atoms with E-state index in [0.717, 1.165) is 30.6 Å². The number of benzene rings is 2. The maximum atomic E-state index is 13.6. The summed E-state index contributed by atoms with van der Waals surface area (Å²) in [4.78, 5) is 28.9. The van der Waals surface area contributed by atoms with Crippen LogP contribution in [0.3, 0.4) is 0 Å². The van der Waals surface area contributed by atoms with Gasteiger partial charge in [0.2, 0.25) is 0 Å². The van der Waals surface area contributed by atoms with E-state index in [-0.39, 0.29) is 6.54 Å². The number of methoxy groups -OCH3 is 1. The lowest BCUT2D eigenvalue weighted by atomic mass is 10.2. The highest BCUT2D eigenvalue weighted by molar-refractivity contribution is 7.16. The second-order valence-corrected chi connectivity index (χ2v) is 7.66. The Labute approximate surface area is 177 Å². The number of unbranched alkanes of at least 4 members (excludes halogenated alkanes) is 2. The minimum atomic E-state index is -0.488. The first-order valence-electron chi connectivity index (χ1n) is 9.69. The van der Waals surface area contributed by atoms with E-state index < -0.39 is 17.7 Å². The number of ether oxygens (including phenoxy) is 2. The zero-order chi connectivity index (χ0) is 21.5. The third-order valence-electron chi connectivity index (χ3n) is 4.47. The van der Waals surface area contributed by atoms with Gasteiger partial charge in [-0.1, -0.05) is 31.1 Å². The Balaban J connectivity index is 1.87. The lowest BCUT2D eigenvalue weighted by Crippen LogP contribution is -2.22. The van der Waals surface area contributed by atoms with E-state index in [0.29, 0.717) is 32.9 Å². The van der Waals surface area contributed by atoms with Crippen LogP contribution in [-0.2, 0) is 16.1 Å². The van der Waals surface area contributed by atoms with Gasteiger partial charge in [-0.15, -0.1) is 0 Å². The van der Waals surface area contributed by atoms with Crippen LogP contribution >= 0.6 is 11.3 Å².